The first-order valence-corrected chi connectivity index (χ1v) is 7.59. The Morgan fingerprint density at radius 1 is 1.47 bits per heavy atom. The highest BCUT2D eigenvalue weighted by molar-refractivity contribution is 7.71. The van der Waals surface area contributed by atoms with Crippen molar-refractivity contribution in [3.8, 4) is 0 Å². The van der Waals surface area contributed by atoms with E-state index in [4.69, 9.17) is 23.8 Å². The molecule has 0 aliphatic heterocycles. The number of aromatic nitrogens is 3. The average Bonchev–Trinajstić information content (AvgIpc) is 2.89. The summed E-state index contributed by atoms with van der Waals surface area (Å²) in [5.74, 6) is 0. The Labute approximate surface area is 124 Å². The molecule has 98 valence electrons. The van der Waals surface area contributed by atoms with Gasteiger partial charge in [-0.25, -0.2) is 4.98 Å². The van der Waals surface area contributed by atoms with Crippen LogP contribution in [-0.2, 0) is 13.0 Å². The number of nitrogens with one attached hydrogen (secondary N) is 1. The molecule has 0 amide bonds. The predicted octanol–water partition coefficient (Wildman–Crippen LogP) is 4.36. The molecule has 0 saturated carbocycles. The van der Waals surface area contributed by atoms with Gasteiger partial charge in [-0.15, -0.1) is 11.3 Å². The molecule has 0 atom stereocenters. The van der Waals surface area contributed by atoms with Gasteiger partial charge in [0.2, 0.25) is 0 Å². The number of fused-ring (bicyclic) bond motifs is 1. The number of hydrogen-bond acceptors (Lipinski definition) is 3. The van der Waals surface area contributed by atoms with Crippen LogP contribution in [0.2, 0.25) is 5.02 Å². The second kappa shape index (κ2) is 5.07. The van der Waals surface area contributed by atoms with Crippen LogP contribution in [0.3, 0.4) is 0 Å². The van der Waals surface area contributed by atoms with Crippen LogP contribution in [-0.4, -0.2) is 14.5 Å². The van der Waals surface area contributed by atoms with Crippen LogP contribution >= 0.6 is 35.2 Å². The van der Waals surface area contributed by atoms with Gasteiger partial charge in [-0.1, -0.05) is 11.6 Å². The fourth-order valence-corrected chi connectivity index (χ4v) is 3.32. The first-order valence-electron chi connectivity index (χ1n) is 5.92. The molecule has 0 fully saturated rings. The number of thiazole rings is 1. The van der Waals surface area contributed by atoms with E-state index in [0.717, 1.165) is 39.5 Å². The zero-order chi connectivity index (χ0) is 13.4. The monoisotopic (exact) mass is 309 g/mol. The zero-order valence-corrected chi connectivity index (χ0v) is 12.7. The van der Waals surface area contributed by atoms with Crippen molar-refractivity contribution >= 4 is 46.2 Å². The molecule has 0 aliphatic rings. The summed E-state index contributed by atoms with van der Waals surface area (Å²) in [6.45, 7) is 2.84. The van der Waals surface area contributed by atoms with Crippen LogP contribution in [0.1, 0.15) is 10.7 Å². The van der Waals surface area contributed by atoms with Crippen molar-refractivity contribution in [2.75, 3.05) is 0 Å². The van der Waals surface area contributed by atoms with E-state index in [-0.39, 0.29) is 0 Å². The standard InChI is InChI=1S/C13H12ClN3S2/c1-8-7-19-12(15-8)4-5-17-11-3-2-9(14)6-10(11)16-13(17)18/h2-3,6-7H,4-5H2,1H3,(H,16,18). The van der Waals surface area contributed by atoms with Gasteiger partial charge in [-0.3, -0.25) is 0 Å². The normalized spacial score (nSPS) is 11.3. The number of imidazole rings is 1. The highest BCUT2D eigenvalue weighted by atomic mass is 35.5. The Hall–Kier alpha value is -1.17. The Morgan fingerprint density at radius 3 is 3.05 bits per heavy atom. The SMILES string of the molecule is Cc1csc(CCn2c(=S)[nH]c3cc(Cl)ccc32)n1. The number of nitrogens with zero attached hydrogens (tertiary/aromatic N) is 2. The first-order chi connectivity index (χ1) is 9.13. The lowest BCUT2D eigenvalue weighted by Crippen LogP contribution is -2.01. The van der Waals surface area contributed by atoms with Crippen LogP contribution in [0.4, 0.5) is 0 Å². The Kier molecular flexibility index (Phi) is 3.43. The van der Waals surface area contributed by atoms with Crippen LogP contribution in [0.15, 0.2) is 23.6 Å². The Morgan fingerprint density at radius 2 is 2.32 bits per heavy atom. The topological polar surface area (TPSA) is 33.6 Å². The van der Waals surface area contributed by atoms with Gasteiger partial charge in [-0.05, 0) is 37.3 Å². The number of halogens is 1. The maximum absolute atomic E-state index is 5.98. The molecular weight excluding hydrogens is 298 g/mol. The number of rotatable bonds is 3. The third kappa shape index (κ3) is 2.59. The van der Waals surface area contributed by atoms with Gasteiger partial charge in [0.1, 0.15) is 0 Å². The summed E-state index contributed by atoms with van der Waals surface area (Å²) in [6.07, 6.45) is 0.891. The highest BCUT2D eigenvalue weighted by Crippen LogP contribution is 2.20. The van der Waals surface area contributed by atoms with Crippen LogP contribution < -0.4 is 0 Å². The third-order valence-electron chi connectivity index (χ3n) is 2.95. The van der Waals surface area contributed by atoms with Gasteiger partial charge in [0, 0.05) is 29.1 Å². The minimum atomic E-state index is 0.714. The molecule has 0 spiro atoms. The van der Waals surface area contributed by atoms with Crippen molar-refractivity contribution in [3.63, 3.8) is 0 Å². The summed E-state index contributed by atoms with van der Waals surface area (Å²) in [5, 5.41) is 3.93. The molecule has 0 aliphatic carbocycles. The molecule has 2 aromatic heterocycles. The summed E-state index contributed by atoms with van der Waals surface area (Å²) < 4.78 is 2.82. The van der Waals surface area contributed by atoms with Gasteiger partial charge in [0.05, 0.1) is 16.0 Å². The van der Waals surface area contributed by atoms with Gasteiger partial charge in [0.25, 0.3) is 0 Å². The fourth-order valence-electron chi connectivity index (χ4n) is 2.08. The van der Waals surface area contributed by atoms with Crippen molar-refractivity contribution < 1.29 is 0 Å². The van der Waals surface area contributed by atoms with Crippen molar-refractivity contribution in [2.45, 2.75) is 19.9 Å². The first kappa shape index (κ1) is 12.8. The molecule has 3 aromatic rings. The quantitative estimate of drug-likeness (QED) is 0.729. The zero-order valence-electron chi connectivity index (χ0n) is 10.3. The van der Waals surface area contributed by atoms with Crippen LogP contribution in [0.25, 0.3) is 11.0 Å². The van der Waals surface area contributed by atoms with Crippen molar-refractivity contribution in [2.24, 2.45) is 0 Å². The Balaban J connectivity index is 1.92. The number of hydrogen-bond donors (Lipinski definition) is 1. The van der Waals surface area contributed by atoms with E-state index < -0.39 is 0 Å². The van der Waals surface area contributed by atoms with Gasteiger partial charge in [-0.2, -0.15) is 0 Å². The summed E-state index contributed by atoms with van der Waals surface area (Å²) in [5.41, 5.74) is 3.14. The smallest absolute Gasteiger partial charge is 0.178 e. The molecule has 0 unspecified atom stereocenters. The summed E-state index contributed by atoms with van der Waals surface area (Å²) in [6, 6.07) is 5.78. The van der Waals surface area contributed by atoms with Crippen molar-refractivity contribution in [3.05, 3.63) is 44.1 Å². The number of benzene rings is 1. The van der Waals surface area contributed by atoms with Crippen molar-refractivity contribution in [1.29, 1.82) is 0 Å². The molecule has 19 heavy (non-hydrogen) atoms. The van der Waals surface area contributed by atoms with E-state index in [1.165, 1.54) is 0 Å². The molecule has 0 bridgehead atoms. The molecule has 3 nitrogen and oxygen atoms in total. The molecule has 3 rings (SSSR count). The van der Waals surface area contributed by atoms with E-state index in [9.17, 15) is 0 Å². The largest absolute Gasteiger partial charge is 0.331 e. The predicted molar refractivity (Wildman–Crippen MR) is 82.7 cm³/mol. The third-order valence-corrected chi connectivity index (χ3v) is 4.54. The van der Waals surface area contributed by atoms with E-state index >= 15 is 0 Å². The van der Waals surface area contributed by atoms with Crippen LogP contribution in [0, 0.1) is 11.7 Å². The molecule has 6 heteroatoms. The Bertz CT molecular complexity index is 785. The molecule has 2 heterocycles. The molecule has 0 saturated heterocycles. The minimum absolute atomic E-state index is 0.714. The highest BCUT2D eigenvalue weighted by Gasteiger charge is 2.06. The van der Waals surface area contributed by atoms with Gasteiger partial charge < -0.3 is 9.55 Å². The molecule has 0 radical (unpaired) electrons. The summed E-state index contributed by atoms with van der Waals surface area (Å²) >= 11 is 13.0. The van der Waals surface area contributed by atoms with Gasteiger partial charge >= 0.3 is 0 Å². The lowest BCUT2D eigenvalue weighted by Gasteiger charge is -2.02. The van der Waals surface area contributed by atoms with E-state index in [1.807, 2.05) is 25.1 Å². The number of aromatic amines is 1. The van der Waals surface area contributed by atoms with E-state index in [0.29, 0.717) is 5.02 Å². The van der Waals surface area contributed by atoms with Gasteiger partial charge in [0.15, 0.2) is 4.77 Å². The average molecular weight is 310 g/mol. The summed E-state index contributed by atoms with van der Waals surface area (Å²) in [4.78, 5) is 7.66. The maximum atomic E-state index is 5.98. The number of aryl methyl sites for hydroxylation is 3. The van der Waals surface area contributed by atoms with E-state index in [2.05, 4.69) is 19.9 Å². The molecule has 1 aromatic carbocycles. The van der Waals surface area contributed by atoms with E-state index in [1.54, 1.807) is 11.3 Å². The fraction of sp³-hybridized carbons (Fsp3) is 0.231. The molecular formula is C13H12ClN3S2. The lowest BCUT2D eigenvalue weighted by atomic mass is 10.3. The number of H-pyrrole nitrogens is 1. The summed E-state index contributed by atoms with van der Waals surface area (Å²) in [7, 11) is 0. The lowest BCUT2D eigenvalue weighted by molar-refractivity contribution is 0.703. The second-order valence-corrected chi connectivity index (χ2v) is 6.14. The van der Waals surface area contributed by atoms with Crippen LogP contribution in [0.5, 0.6) is 0 Å². The minimum Gasteiger partial charge on any atom is -0.331 e. The van der Waals surface area contributed by atoms with Crippen molar-refractivity contribution in [1.82, 2.24) is 14.5 Å². The second-order valence-electron chi connectivity index (χ2n) is 4.38. The molecule has 1 N–H and O–H groups in total. The maximum Gasteiger partial charge on any atom is 0.178 e.